The summed E-state index contributed by atoms with van der Waals surface area (Å²) in [4.78, 5) is 26.9. The lowest BCUT2D eigenvalue weighted by atomic mass is 10.0. The molecule has 2 amide bonds. The van der Waals surface area contributed by atoms with Crippen molar-refractivity contribution in [3.63, 3.8) is 0 Å². The van der Waals surface area contributed by atoms with Crippen molar-refractivity contribution >= 4 is 44.8 Å². The molecule has 0 unspecified atom stereocenters. The molecule has 0 radical (unpaired) electrons. The van der Waals surface area contributed by atoms with Gasteiger partial charge in [-0.25, -0.2) is 8.42 Å². The van der Waals surface area contributed by atoms with Crippen LogP contribution in [0.3, 0.4) is 0 Å². The van der Waals surface area contributed by atoms with E-state index >= 15 is 0 Å². The highest BCUT2D eigenvalue weighted by Gasteiger charge is 2.30. The predicted molar refractivity (Wildman–Crippen MR) is 126 cm³/mol. The average Bonchev–Trinajstić information content (AvgIpc) is 2.81. The van der Waals surface area contributed by atoms with Gasteiger partial charge in [-0.15, -0.1) is 0 Å². The minimum Gasteiger partial charge on any atom is -0.495 e. The first-order valence-corrected chi connectivity index (χ1v) is 12.7. The van der Waals surface area contributed by atoms with Gasteiger partial charge in [0.05, 0.1) is 17.0 Å². The van der Waals surface area contributed by atoms with Crippen molar-refractivity contribution < 1.29 is 22.7 Å². The van der Waals surface area contributed by atoms with E-state index < -0.39 is 10.0 Å². The standard InChI is InChI=1S/C23H26ClN3O5S/c1-32-21-9-6-17(14-19(21)24)25-22(28)15-27-20-8-7-18(13-16(20)5-10-23(27)29)33(30,31)26-11-3-2-4-12-26/h6-9,13-14H,2-5,10-12,15H2,1H3,(H,25,28). The number of benzene rings is 2. The Balaban J connectivity index is 1.52. The molecule has 0 spiro atoms. The van der Waals surface area contributed by atoms with Gasteiger partial charge in [0.15, 0.2) is 0 Å². The van der Waals surface area contributed by atoms with Gasteiger partial charge < -0.3 is 15.0 Å². The summed E-state index contributed by atoms with van der Waals surface area (Å²) >= 11 is 6.11. The van der Waals surface area contributed by atoms with Gasteiger partial charge >= 0.3 is 0 Å². The molecular formula is C23H26ClN3O5S. The number of nitrogens with one attached hydrogen (secondary N) is 1. The summed E-state index contributed by atoms with van der Waals surface area (Å²) in [6.45, 7) is 0.868. The van der Waals surface area contributed by atoms with Crippen LogP contribution < -0.4 is 15.0 Å². The second-order valence-electron chi connectivity index (χ2n) is 8.13. The number of ether oxygens (including phenoxy) is 1. The van der Waals surface area contributed by atoms with Gasteiger partial charge in [0, 0.05) is 30.9 Å². The Morgan fingerprint density at radius 3 is 2.55 bits per heavy atom. The van der Waals surface area contributed by atoms with Crippen LogP contribution in [-0.2, 0) is 26.0 Å². The lowest BCUT2D eigenvalue weighted by Crippen LogP contribution is -2.41. The van der Waals surface area contributed by atoms with Crippen molar-refractivity contribution in [3.8, 4) is 5.75 Å². The minimum absolute atomic E-state index is 0.183. The molecule has 0 atom stereocenters. The molecule has 2 aromatic rings. The molecular weight excluding hydrogens is 466 g/mol. The highest BCUT2D eigenvalue weighted by Crippen LogP contribution is 2.32. The molecule has 2 aliphatic heterocycles. The van der Waals surface area contributed by atoms with Crippen LogP contribution in [0, 0.1) is 0 Å². The van der Waals surface area contributed by atoms with Crippen molar-refractivity contribution in [1.82, 2.24) is 4.31 Å². The summed E-state index contributed by atoms with van der Waals surface area (Å²) < 4.78 is 32.7. The minimum atomic E-state index is -3.57. The monoisotopic (exact) mass is 491 g/mol. The van der Waals surface area contributed by atoms with E-state index in [4.69, 9.17) is 16.3 Å². The van der Waals surface area contributed by atoms with E-state index in [2.05, 4.69) is 5.32 Å². The predicted octanol–water partition coefficient (Wildman–Crippen LogP) is 3.44. The molecule has 0 aliphatic carbocycles. The number of fused-ring (bicyclic) bond motifs is 1. The molecule has 10 heteroatoms. The molecule has 33 heavy (non-hydrogen) atoms. The average molecular weight is 492 g/mol. The fraction of sp³-hybridized carbons (Fsp3) is 0.391. The fourth-order valence-corrected chi connectivity index (χ4v) is 6.04. The van der Waals surface area contributed by atoms with E-state index in [1.54, 1.807) is 30.3 Å². The molecule has 2 aromatic carbocycles. The van der Waals surface area contributed by atoms with Crippen LogP contribution in [0.4, 0.5) is 11.4 Å². The third-order valence-electron chi connectivity index (χ3n) is 5.94. The van der Waals surface area contributed by atoms with Crippen LogP contribution >= 0.6 is 11.6 Å². The fourth-order valence-electron chi connectivity index (χ4n) is 4.21. The summed E-state index contributed by atoms with van der Waals surface area (Å²) in [6, 6.07) is 9.66. The lowest BCUT2D eigenvalue weighted by Gasteiger charge is -2.30. The van der Waals surface area contributed by atoms with Crippen molar-refractivity contribution in [2.75, 3.05) is 37.0 Å². The Morgan fingerprint density at radius 1 is 1.09 bits per heavy atom. The molecule has 1 N–H and O–H groups in total. The van der Waals surface area contributed by atoms with Crippen molar-refractivity contribution in [3.05, 3.63) is 47.0 Å². The highest BCUT2D eigenvalue weighted by molar-refractivity contribution is 7.89. The summed E-state index contributed by atoms with van der Waals surface area (Å²) in [5, 5.41) is 3.09. The van der Waals surface area contributed by atoms with Crippen molar-refractivity contribution in [2.45, 2.75) is 37.0 Å². The molecule has 1 saturated heterocycles. The highest BCUT2D eigenvalue weighted by atomic mass is 35.5. The summed E-state index contributed by atoms with van der Waals surface area (Å²) in [6.07, 6.45) is 3.41. The van der Waals surface area contributed by atoms with Crippen molar-refractivity contribution in [2.24, 2.45) is 0 Å². The number of carbonyl (C=O) groups excluding carboxylic acids is 2. The number of sulfonamides is 1. The summed E-state index contributed by atoms with van der Waals surface area (Å²) in [5.41, 5.74) is 1.79. The van der Waals surface area contributed by atoms with E-state index in [9.17, 15) is 18.0 Å². The quantitative estimate of drug-likeness (QED) is 0.667. The van der Waals surface area contributed by atoms with Gasteiger partial charge in [-0.1, -0.05) is 18.0 Å². The maximum absolute atomic E-state index is 13.0. The zero-order valence-corrected chi connectivity index (χ0v) is 19.9. The third-order valence-corrected chi connectivity index (χ3v) is 8.13. The van der Waals surface area contributed by atoms with E-state index in [1.165, 1.54) is 22.4 Å². The van der Waals surface area contributed by atoms with Gasteiger partial charge in [-0.05, 0) is 61.2 Å². The molecule has 2 heterocycles. The number of carbonyl (C=O) groups is 2. The number of anilines is 2. The van der Waals surface area contributed by atoms with Crippen LogP contribution in [0.1, 0.15) is 31.2 Å². The van der Waals surface area contributed by atoms with E-state index in [-0.39, 0.29) is 29.7 Å². The topological polar surface area (TPSA) is 96.0 Å². The summed E-state index contributed by atoms with van der Waals surface area (Å²) in [5.74, 6) is -0.0791. The molecule has 176 valence electrons. The van der Waals surface area contributed by atoms with Crippen LogP contribution in [0.2, 0.25) is 5.02 Å². The largest absolute Gasteiger partial charge is 0.495 e. The van der Waals surface area contributed by atoms with Crippen LogP contribution in [0.5, 0.6) is 5.75 Å². The molecule has 1 fully saturated rings. The Kier molecular flexibility index (Phi) is 6.92. The number of rotatable bonds is 6. The maximum atomic E-state index is 13.0. The van der Waals surface area contributed by atoms with Crippen LogP contribution in [-0.4, -0.2) is 51.3 Å². The molecule has 2 aliphatic rings. The number of halogens is 1. The zero-order valence-electron chi connectivity index (χ0n) is 18.3. The normalized spacial score (nSPS) is 16.9. The molecule has 0 bridgehead atoms. The Labute approximate surface area is 198 Å². The zero-order chi connectivity index (χ0) is 23.6. The van der Waals surface area contributed by atoms with Gasteiger partial charge in [0.25, 0.3) is 0 Å². The Morgan fingerprint density at radius 2 is 1.85 bits per heavy atom. The number of aryl methyl sites for hydroxylation is 1. The molecule has 4 rings (SSSR count). The van der Waals surface area contributed by atoms with E-state index in [1.807, 2.05) is 0 Å². The smallest absolute Gasteiger partial charge is 0.244 e. The Hall–Kier alpha value is -2.62. The van der Waals surface area contributed by atoms with Crippen LogP contribution in [0.15, 0.2) is 41.3 Å². The van der Waals surface area contributed by atoms with E-state index in [0.717, 1.165) is 24.8 Å². The molecule has 0 saturated carbocycles. The number of piperidine rings is 1. The SMILES string of the molecule is COc1ccc(NC(=O)CN2C(=O)CCc3cc(S(=O)(=O)N4CCCCC4)ccc32)cc1Cl. The Bertz CT molecular complexity index is 1180. The third kappa shape index (κ3) is 5.00. The first kappa shape index (κ1) is 23.5. The maximum Gasteiger partial charge on any atom is 0.244 e. The van der Waals surface area contributed by atoms with Gasteiger partial charge in [0.1, 0.15) is 12.3 Å². The van der Waals surface area contributed by atoms with Crippen LogP contribution in [0.25, 0.3) is 0 Å². The van der Waals surface area contributed by atoms with Crippen molar-refractivity contribution in [1.29, 1.82) is 0 Å². The molecule has 0 aromatic heterocycles. The number of methoxy groups -OCH3 is 1. The summed E-state index contributed by atoms with van der Waals surface area (Å²) in [7, 11) is -2.07. The second kappa shape index (κ2) is 9.70. The van der Waals surface area contributed by atoms with E-state index in [0.29, 0.717) is 41.7 Å². The second-order valence-corrected chi connectivity index (χ2v) is 10.5. The molecule has 8 nitrogen and oxygen atoms in total. The van der Waals surface area contributed by atoms with Gasteiger partial charge in [-0.2, -0.15) is 4.31 Å². The number of hydrogen-bond acceptors (Lipinski definition) is 5. The van der Waals surface area contributed by atoms with Gasteiger partial charge in [0.2, 0.25) is 21.8 Å². The van der Waals surface area contributed by atoms with Gasteiger partial charge in [-0.3, -0.25) is 9.59 Å². The number of amides is 2. The lowest BCUT2D eigenvalue weighted by molar-refractivity contribution is -0.121. The number of nitrogens with zero attached hydrogens (tertiary/aromatic N) is 2. The first-order valence-electron chi connectivity index (χ1n) is 10.9. The first-order chi connectivity index (χ1) is 15.8. The number of hydrogen-bond donors (Lipinski definition) is 1.